The van der Waals surface area contributed by atoms with E-state index in [1.54, 1.807) is 0 Å². The molecule has 2 N–H and O–H groups in total. The number of carboxylic acid groups (broad SMARTS) is 1. The summed E-state index contributed by atoms with van der Waals surface area (Å²) in [6.07, 6.45) is -4.44. The molecule has 0 aliphatic heterocycles. The Morgan fingerprint density at radius 3 is 2.48 bits per heavy atom. The molecule has 0 saturated carbocycles. The average Bonchev–Trinajstić information content (AvgIpc) is 2.33. The van der Waals surface area contributed by atoms with Crippen LogP contribution in [0, 0.1) is 0 Å². The van der Waals surface area contributed by atoms with E-state index in [-0.39, 0.29) is 10.2 Å². The average molecular weight is 386 g/mol. The number of nitrogens with one attached hydrogen (secondary N) is 1. The van der Waals surface area contributed by atoms with Crippen LogP contribution in [0.25, 0.3) is 0 Å². The van der Waals surface area contributed by atoms with Crippen LogP contribution in [-0.2, 0) is 15.8 Å². The van der Waals surface area contributed by atoms with Crippen molar-refractivity contribution in [1.29, 1.82) is 0 Å². The lowest BCUT2D eigenvalue weighted by Crippen LogP contribution is -2.41. The number of hydrogen-bond donors (Lipinski definition) is 2. The van der Waals surface area contributed by atoms with Gasteiger partial charge in [-0.1, -0.05) is 0 Å². The molecule has 1 rings (SSSR count). The molecule has 0 fully saturated rings. The monoisotopic (exact) mass is 385 g/mol. The van der Waals surface area contributed by atoms with Gasteiger partial charge >= 0.3 is 12.1 Å². The van der Waals surface area contributed by atoms with E-state index < -0.39 is 29.7 Å². The predicted molar refractivity (Wildman–Crippen MR) is 75.1 cm³/mol. The van der Waals surface area contributed by atoms with Crippen molar-refractivity contribution >= 4 is 39.6 Å². The molecule has 0 heterocycles. The van der Waals surface area contributed by atoms with Crippen molar-refractivity contribution in [2.75, 3.05) is 5.75 Å². The first-order valence-corrected chi connectivity index (χ1v) is 7.38. The van der Waals surface area contributed by atoms with Crippen molar-refractivity contribution in [3.05, 3.63) is 28.2 Å². The number of benzene rings is 1. The second kappa shape index (κ2) is 7.17. The highest BCUT2D eigenvalue weighted by Gasteiger charge is 2.31. The van der Waals surface area contributed by atoms with Crippen LogP contribution in [0.5, 0.6) is 0 Å². The van der Waals surface area contributed by atoms with Crippen LogP contribution in [0.2, 0.25) is 0 Å². The number of carbonyl (C=O) groups excluding carboxylic acids is 1. The maximum Gasteiger partial charge on any atom is 0.416 e. The number of carbonyl (C=O) groups is 2. The molecule has 9 heteroatoms. The van der Waals surface area contributed by atoms with Crippen molar-refractivity contribution in [1.82, 2.24) is 5.32 Å². The van der Waals surface area contributed by atoms with E-state index >= 15 is 0 Å². The molecular weight excluding hydrogens is 375 g/mol. The highest BCUT2D eigenvalue weighted by Crippen LogP contribution is 2.35. The third-order valence-corrected chi connectivity index (χ3v) is 4.43. The lowest BCUT2D eigenvalue weighted by molar-refractivity contribution is -0.140. The second-order valence-corrected chi connectivity index (χ2v) is 5.96. The minimum Gasteiger partial charge on any atom is -0.480 e. The number of alkyl halides is 3. The molecule has 0 bridgehead atoms. The summed E-state index contributed by atoms with van der Waals surface area (Å²) in [5.74, 6) is -1.70. The Bertz CT molecular complexity index is 551. The standard InChI is InChI=1S/C12H11BrF3NO3S/c1-6(18)17-9(11(19)20)5-21-10-3-2-7(4-8(10)13)12(14,15)16/h2-4,9H,5H2,1H3,(H,17,18)(H,19,20)/t9-/m0/s1. The zero-order chi connectivity index (χ0) is 16.2. The van der Waals surface area contributed by atoms with Gasteiger partial charge in [0.05, 0.1) is 5.56 Å². The van der Waals surface area contributed by atoms with Crippen LogP contribution in [0.3, 0.4) is 0 Å². The molecule has 0 radical (unpaired) electrons. The molecule has 1 amide bonds. The van der Waals surface area contributed by atoms with Gasteiger partial charge in [-0.05, 0) is 34.1 Å². The van der Waals surface area contributed by atoms with Gasteiger partial charge in [0.25, 0.3) is 0 Å². The van der Waals surface area contributed by atoms with E-state index in [4.69, 9.17) is 5.11 Å². The van der Waals surface area contributed by atoms with Gasteiger partial charge in [-0.3, -0.25) is 4.79 Å². The third kappa shape index (κ3) is 5.58. The molecule has 0 spiro atoms. The van der Waals surface area contributed by atoms with Gasteiger partial charge in [-0.15, -0.1) is 11.8 Å². The van der Waals surface area contributed by atoms with E-state index in [2.05, 4.69) is 21.2 Å². The quantitative estimate of drug-likeness (QED) is 0.764. The second-order valence-electron chi connectivity index (χ2n) is 4.05. The molecule has 1 atom stereocenters. The zero-order valence-corrected chi connectivity index (χ0v) is 13.1. The first kappa shape index (κ1) is 17.8. The molecule has 0 saturated heterocycles. The van der Waals surface area contributed by atoms with Crippen LogP contribution in [0.1, 0.15) is 12.5 Å². The number of thioether (sulfide) groups is 1. The Balaban J connectivity index is 2.79. The number of halogens is 4. The summed E-state index contributed by atoms with van der Waals surface area (Å²) in [5.41, 5.74) is -0.796. The first-order chi connectivity index (χ1) is 9.61. The fourth-order valence-electron chi connectivity index (χ4n) is 1.39. The van der Waals surface area contributed by atoms with Crippen LogP contribution < -0.4 is 5.32 Å². The fourth-order valence-corrected chi connectivity index (χ4v) is 3.04. The Morgan fingerprint density at radius 2 is 2.05 bits per heavy atom. The highest BCUT2D eigenvalue weighted by molar-refractivity contribution is 9.10. The fraction of sp³-hybridized carbons (Fsp3) is 0.333. The van der Waals surface area contributed by atoms with E-state index in [0.717, 1.165) is 23.9 Å². The predicted octanol–water partition coefficient (Wildman–Crippen LogP) is 3.15. The Labute approximate surface area is 131 Å². The number of hydrogen-bond acceptors (Lipinski definition) is 3. The maximum atomic E-state index is 12.5. The van der Waals surface area contributed by atoms with Crippen LogP contribution in [-0.4, -0.2) is 28.8 Å². The minimum absolute atomic E-state index is 0.00111. The molecule has 0 aliphatic carbocycles. The highest BCUT2D eigenvalue weighted by atomic mass is 79.9. The van der Waals surface area contributed by atoms with Crippen molar-refractivity contribution in [3.63, 3.8) is 0 Å². The van der Waals surface area contributed by atoms with Crippen molar-refractivity contribution in [2.24, 2.45) is 0 Å². The molecule has 1 aromatic carbocycles. The van der Waals surface area contributed by atoms with Crippen LogP contribution in [0.15, 0.2) is 27.6 Å². The summed E-state index contributed by atoms with van der Waals surface area (Å²) >= 11 is 4.06. The van der Waals surface area contributed by atoms with E-state index in [1.807, 2.05) is 0 Å². The zero-order valence-electron chi connectivity index (χ0n) is 10.7. The summed E-state index contributed by atoms with van der Waals surface area (Å²) in [7, 11) is 0. The normalized spacial score (nSPS) is 12.8. The molecule has 116 valence electrons. The summed E-state index contributed by atoms with van der Waals surface area (Å²) in [6, 6.07) is 1.99. The van der Waals surface area contributed by atoms with Gasteiger partial charge < -0.3 is 10.4 Å². The van der Waals surface area contributed by atoms with Crippen molar-refractivity contribution in [2.45, 2.75) is 24.0 Å². The van der Waals surface area contributed by atoms with Gasteiger partial charge in [-0.25, -0.2) is 4.79 Å². The largest absolute Gasteiger partial charge is 0.480 e. The molecular formula is C12H11BrF3NO3S. The summed E-state index contributed by atoms with van der Waals surface area (Å²) in [6.45, 7) is 1.19. The number of amides is 1. The Kier molecular flexibility index (Phi) is 6.09. The molecule has 1 aromatic rings. The van der Waals surface area contributed by atoms with Crippen molar-refractivity contribution in [3.8, 4) is 0 Å². The van der Waals surface area contributed by atoms with E-state index in [0.29, 0.717) is 4.90 Å². The minimum atomic E-state index is -4.44. The van der Waals surface area contributed by atoms with Gasteiger partial charge in [0.15, 0.2) is 0 Å². The smallest absolute Gasteiger partial charge is 0.416 e. The summed E-state index contributed by atoms with van der Waals surface area (Å²) < 4.78 is 37.7. The molecule has 21 heavy (non-hydrogen) atoms. The molecule has 0 aliphatic rings. The van der Waals surface area contributed by atoms with Crippen LogP contribution in [0.4, 0.5) is 13.2 Å². The first-order valence-electron chi connectivity index (χ1n) is 5.60. The molecule has 0 aromatic heterocycles. The van der Waals surface area contributed by atoms with Crippen molar-refractivity contribution < 1.29 is 27.9 Å². The maximum absolute atomic E-state index is 12.5. The summed E-state index contributed by atoms with van der Waals surface area (Å²) in [4.78, 5) is 22.3. The Hall–Kier alpha value is -1.22. The molecule has 0 unspecified atom stereocenters. The topological polar surface area (TPSA) is 66.4 Å². The van der Waals surface area contributed by atoms with E-state index in [1.165, 1.54) is 13.0 Å². The Morgan fingerprint density at radius 1 is 1.43 bits per heavy atom. The van der Waals surface area contributed by atoms with Gasteiger partial charge in [0.1, 0.15) is 6.04 Å². The SMILES string of the molecule is CC(=O)N[C@@H](CSc1ccc(C(F)(F)F)cc1Br)C(=O)O. The van der Waals surface area contributed by atoms with Gasteiger partial charge in [0, 0.05) is 22.0 Å². The lowest BCUT2D eigenvalue weighted by Gasteiger charge is -2.14. The van der Waals surface area contributed by atoms with Gasteiger partial charge in [0.2, 0.25) is 5.91 Å². The lowest BCUT2D eigenvalue weighted by atomic mass is 10.2. The van der Waals surface area contributed by atoms with Gasteiger partial charge in [-0.2, -0.15) is 13.2 Å². The number of rotatable bonds is 5. The summed E-state index contributed by atoms with van der Waals surface area (Å²) in [5, 5.41) is 11.2. The van der Waals surface area contributed by atoms with E-state index in [9.17, 15) is 22.8 Å². The van der Waals surface area contributed by atoms with Crippen LogP contribution >= 0.6 is 27.7 Å². The number of carboxylic acids is 1. The number of aliphatic carboxylic acids is 1. The third-order valence-electron chi connectivity index (χ3n) is 2.34. The molecule has 4 nitrogen and oxygen atoms in total.